The second-order valence-corrected chi connectivity index (χ2v) is 5.21. The van der Waals surface area contributed by atoms with E-state index in [-0.39, 0.29) is 24.6 Å². The summed E-state index contributed by atoms with van der Waals surface area (Å²) in [5.41, 5.74) is -0.974. The summed E-state index contributed by atoms with van der Waals surface area (Å²) in [5, 5.41) is 9.02. The Morgan fingerprint density at radius 1 is 1.29 bits per heavy atom. The van der Waals surface area contributed by atoms with Gasteiger partial charge >= 0.3 is 12.1 Å². The summed E-state index contributed by atoms with van der Waals surface area (Å²) in [7, 11) is 0. The molecular weight excluding hydrogens is 287 g/mol. The number of carbonyl (C=O) groups excluding carboxylic acids is 1. The topological polar surface area (TPSA) is 57.6 Å². The fourth-order valence-electron chi connectivity index (χ4n) is 2.47. The second kappa shape index (κ2) is 5.38. The zero-order chi connectivity index (χ0) is 15.8. The minimum atomic E-state index is -4.52. The number of carboxylic acids is 1. The van der Waals surface area contributed by atoms with E-state index in [1.807, 2.05) is 0 Å². The summed E-state index contributed by atoms with van der Waals surface area (Å²) in [5.74, 6) is -2.48. The van der Waals surface area contributed by atoms with Gasteiger partial charge in [0, 0.05) is 18.7 Å². The van der Waals surface area contributed by atoms with Gasteiger partial charge in [0.1, 0.15) is 0 Å². The number of hydrogen-bond acceptors (Lipinski definition) is 2. The minimum absolute atomic E-state index is 0.0194. The third-order valence-electron chi connectivity index (χ3n) is 3.65. The molecule has 2 rings (SSSR count). The molecule has 1 N–H and O–H groups in total. The molecule has 114 valence electrons. The Balaban J connectivity index is 2.20. The summed E-state index contributed by atoms with van der Waals surface area (Å²) >= 11 is 0. The van der Waals surface area contributed by atoms with Gasteiger partial charge in [-0.2, -0.15) is 13.2 Å². The second-order valence-electron chi connectivity index (χ2n) is 5.21. The highest BCUT2D eigenvalue weighted by Crippen LogP contribution is 2.30. The van der Waals surface area contributed by atoms with E-state index in [1.54, 1.807) is 6.92 Å². The Kier molecular flexibility index (Phi) is 3.93. The van der Waals surface area contributed by atoms with Gasteiger partial charge in [0.25, 0.3) is 5.91 Å². The Morgan fingerprint density at radius 3 is 2.48 bits per heavy atom. The third-order valence-corrected chi connectivity index (χ3v) is 3.65. The van der Waals surface area contributed by atoms with E-state index in [9.17, 15) is 22.8 Å². The van der Waals surface area contributed by atoms with Crippen molar-refractivity contribution >= 4 is 11.9 Å². The molecule has 2 atom stereocenters. The fraction of sp³-hybridized carbons (Fsp3) is 0.429. The zero-order valence-electron chi connectivity index (χ0n) is 11.2. The van der Waals surface area contributed by atoms with Crippen LogP contribution < -0.4 is 0 Å². The highest BCUT2D eigenvalue weighted by molar-refractivity contribution is 5.95. The molecule has 2 unspecified atom stereocenters. The lowest BCUT2D eigenvalue weighted by Gasteiger charge is -2.17. The number of likely N-dealkylation sites (tertiary alicyclic amines) is 1. The van der Waals surface area contributed by atoms with Gasteiger partial charge in [0.05, 0.1) is 11.5 Å². The predicted molar refractivity (Wildman–Crippen MR) is 67.6 cm³/mol. The first kappa shape index (κ1) is 15.3. The van der Waals surface area contributed by atoms with Crippen molar-refractivity contribution in [3.05, 3.63) is 35.4 Å². The SMILES string of the molecule is CC1CN(C(=O)c2cccc(C(F)(F)F)c2)CC1C(=O)O. The first-order chi connectivity index (χ1) is 9.70. The van der Waals surface area contributed by atoms with Crippen molar-refractivity contribution in [2.45, 2.75) is 13.1 Å². The number of aliphatic carboxylic acids is 1. The van der Waals surface area contributed by atoms with Crippen molar-refractivity contribution in [3.8, 4) is 0 Å². The highest BCUT2D eigenvalue weighted by atomic mass is 19.4. The van der Waals surface area contributed by atoms with Gasteiger partial charge in [0.2, 0.25) is 0 Å². The Morgan fingerprint density at radius 2 is 1.95 bits per heavy atom. The van der Waals surface area contributed by atoms with Gasteiger partial charge in [-0.25, -0.2) is 0 Å². The quantitative estimate of drug-likeness (QED) is 0.913. The number of hydrogen-bond donors (Lipinski definition) is 1. The Hall–Kier alpha value is -2.05. The first-order valence-electron chi connectivity index (χ1n) is 6.39. The maximum absolute atomic E-state index is 12.6. The normalized spacial score (nSPS) is 22.4. The van der Waals surface area contributed by atoms with Gasteiger partial charge in [-0.3, -0.25) is 9.59 Å². The smallest absolute Gasteiger partial charge is 0.416 e. The first-order valence-corrected chi connectivity index (χ1v) is 6.39. The van der Waals surface area contributed by atoms with Crippen LogP contribution in [0.25, 0.3) is 0 Å². The molecule has 1 aromatic carbocycles. The van der Waals surface area contributed by atoms with E-state index in [0.717, 1.165) is 12.1 Å². The van der Waals surface area contributed by atoms with Gasteiger partial charge in [-0.15, -0.1) is 0 Å². The third kappa shape index (κ3) is 3.17. The van der Waals surface area contributed by atoms with E-state index in [4.69, 9.17) is 5.11 Å². The molecule has 0 spiro atoms. The van der Waals surface area contributed by atoms with Crippen LogP contribution in [0.3, 0.4) is 0 Å². The molecule has 21 heavy (non-hydrogen) atoms. The van der Waals surface area contributed by atoms with Gasteiger partial charge in [0.15, 0.2) is 0 Å². The number of carboxylic acid groups (broad SMARTS) is 1. The maximum Gasteiger partial charge on any atom is 0.416 e. The molecule has 0 saturated carbocycles. The number of halogens is 3. The lowest BCUT2D eigenvalue weighted by atomic mass is 9.99. The van der Waals surface area contributed by atoms with Crippen LogP contribution in [0.15, 0.2) is 24.3 Å². The molecule has 0 aliphatic carbocycles. The molecule has 1 fully saturated rings. The molecular formula is C14H14F3NO3. The minimum Gasteiger partial charge on any atom is -0.481 e. The number of nitrogens with zero attached hydrogens (tertiary/aromatic N) is 1. The standard InChI is InChI=1S/C14H14F3NO3/c1-8-6-18(7-11(8)13(20)21)12(19)9-3-2-4-10(5-9)14(15,16)17/h2-5,8,11H,6-7H2,1H3,(H,20,21). The Labute approximate surface area is 119 Å². The molecule has 0 radical (unpaired) electrons. The number of rotatable bonds is 2. The van der Waals surface area contributed by atoms with Gasteiger partial charge in [-0.05, 0) is 24.1 Å². The number of alkyl halides is 3. The van der Waals surface area contributed by atoms with Crippen LogP contribution in [0.4, 0.5) is 13.2 Å². The molecule has 1 heterocycles. The predicted octanol–water partition coefficient (Wildman–Crippen LogP) is 2.50. The van der Waals surface area contributed by atoms with Crippen LogP contribution in [-0.4, -0.2) is 35.0 Å². The van der Waals surface area contributed by atoms with E-state index >= 15 is 0 Å². The monoisotopic (exact) mass is 301 g/mol. The summed E-state index contributed by atoms with van der Waals surface area (Å²) in [6, 6.07) is 4.16. The maximum atomic E-state index is 12.6. The molecule has 1 aromatic rings. The van der Waals surface area contributed by atoms with E-state index in [0.29, 0.717) is 0 Å². The van der Waals surface area contributed by atoms with Crippen molar-refractivity contribution in [3.63, 3.8) is 0 Å². The molecule has 7 heteroatoms. The molecule has 1 amide bonds. The van der Waals surface area contributed by atoms with E-state index in [2.05, 4.69) is 0 Å². The average Bonchev–Trinajstić information content (AvgIpc) is 2.79. The number of amides is 1. The van der Waals surface area contributed by atoms with Crippen LogP contribution >= 0.6 is 0 Å². The lowest BCUT2D eigenvalue weighted by molar-refractivity contribution is -0.142. The molecule has 1 aliphatic heterocycles. The summed E-state index contributed by atoms with van der Waals surface area (Å²) in [6.45, 7) is 1.95. The van der Waals surface area contributed by atoms with Crippen LogP contribution in [0.1, 0.15) is 22.8 Å². The largest absolute Gasteiger partial charge is 0.481 e. The van der Waals surface area contributed by atoms with Crippen molar-refractivity contribution < 1.29 is 27.9 Å². The fourth-order valence-corrected chi connectivity index (χ4v) is 2.47. The zero-order valence-corrected chi connectivity index (χ0v) is 11.2. The van der Waals surface area contributed by atoms with Crippen LogP contribution in [0.5, 0.6) is 0 Å². The van der Waals surface area contributed by atoms with Gasteiger partial charge in [-0.1, -0.05) is 13.0 Å². The van der Waals surface area contributed by atoms with Crippen molar-refractivity contribution in [1.82, 2.24) is 4.90 Å². The molecule has 4 nitrogen and oxygen atoms in total. The van der Waals surface area contributed by atoms with Crippen molar-refractivity contribution in [2.75, 3.05) is 13.1 Å². The van der Waals surface area contributed by atoms with E-state index in [1.165, 1.54) is 17.0 Å². The summed E-state index contributed by atoms with van der Waals surface area (Å²) in [6.07, 6.45) is -4.52. The van der Waals surface area contributed by atoms with Crippen molar-refractivity contribution in [2.24, 2.45) is 11.8 Å². The van der Waals surface area contributed by atoms with Crippen LogP contribution in [0.2, 0.25) is 0 Å². The highest BCUT2D eigenvalue weighted by Gasteiger charge is 2.38. The molecule has 0 aromatic heterocycles. The summed E-state index contributed by atoms with van der Waals surface area (Å²) in [4.78, 5) is 24.5. The molecule has 1 saturated heterocycles. The van der Waals surface area contributed by atoms with E-state index < -0.39 is 29.5 Å². The lowest BCUT2D eigenvalue weighted by Crippen LogP contribution is -2.30. The Bertz CT molecular complexity index is 571. The molecule has 0 bridgehead atoms. The summed E-state index contributed by atoms with van der Waals surface area (Å²) < 4.78 is 37.9. The van der Waals surface area contributed by atoms with Crippen LogP contribution in [0, 0.1) is 11.8 Å². The average molecular weight is 301 g/mol. The molecule has 1 aliphatic rings. The van der Waals surface area contributed by atoms with Gasteiger partial charge < -0.3 is 10.0 Å². The number of carbonyl (C=O) groups is 2. The van der Waals surface area contributed by atoms with Crippen molar-refractivity contribution in [1.29, 1.82) is 0 Å². The number of benzene rings is 1. The van der Waals surface area contributed by atoms with Crippen LogP contribution in [-0.2, 0) is 11.0 Å².